The molecule has 0 atom stereocenters. The molecular weight excluding hydrogens is 398 g/mol. The van der Waals surface area contributed by atoms with Crippen molar-refractivity contribution in [1.82, 2.24) is 0 Å². The summed E-state index contributed by atoms with van der Waals surface area (Å²) >= 11 is 3.44. The summed E-state index contributed by atoms with van der Waals surface area (Å²) in [6, 6.07) is 18.6. The van der Waals surface area contributed by atoms with E-state index in [0.717, 1.165) is 0 Å². The number of aromatic hydroxyl groups is 1. The fourth-order valence-electron chi connectivity index (χ4n) is 2.27. The van der Waals surface area contributed by atoms with E-state index in [4.69, 9.17) is 9.47 Å². The van der Waals surface area contributed by atoms with Crippen LogP contribution < -0.4 is 14.8 Å². The lowest BCUT2D eigenvalue weighted by molar-refractivity contribution is 0.102. The molecule has 0 fully saturated rings. The predicted molar refractivity (Wildman–Crippen MR) is 103 cm³/mol. The Balaban J connectivity index is 1.72. The molecule has 6 heteroatoms. The highest BCUT2D eigenvalue weighted by molar-refractivity contribution is 9.10. The van der Waals surface area contributed by atoms with Crippen molar-refractivity contribution in [3.63, 3.8) is 0 Å². The van der Waals surface area contributed by atoms with Gasteiger partial charge in [0.1, 0.15) is 23.0 Å². The van der Waals surface area contributed by atoms with Crippen LogP contribution in [0.4, 0.5) is 5.69 Å². The molecule has 0 aliphatic rings. The second kappa shape index (κ2) is 7.93. The monoisotopic (exact) mass is 413 g/mol. The van der Waals surface area contributed by atoms with Gasteiger partial charge in [-0.15, -0.1) is 0 Å². The first-order valence-electron chi connectivity index (χ1n) is 7.77. The lowest BCUT2D eigenvalue weighted by atomic mass is 10.2. The number of halogens is 1. The third-order valence-electron chi connectivity index (χ3n) is 3.59. The molecule has 0 aliphatic heterocycles. The molecule has 0 unspecified atom stereocenters. The number of phenols is 1. The molecule has 0 saturated carbocycles. The maximum absolute atomic E-state index is 12.4. The summed E-state index contributed by atoms with van der Waals surface area (Å²) in [6.07, 6.45) is 0. The van der Waals surface area contributed by atoms with Crippen molar-refractivity contribution in [2.24, 2.45) is 0 Å². The van der Waals surface area contributed by atoms with Crippen LogP contribution in [0.1, 0.15) is 10.4 Å². The van der Waals surface area contributed by atoms with Crippen LogP contribution in [-0.4, -0.2) is 18.1 Å². The van der Waals surface area contributed by atoms with Gasteiger partial charge >= 0.3 is 0 Å². The lowest BCUT2D eigenvalue weighted by Crippen LogP contribution is -2.11. The highest BCUT2D eigenvalue weighted by Gasteiger charge is 2.10. The van der Waals surface area contributed by atoms with Crippen molar-refractivity contribution in [2.75, 3.05) is 12.4 Å². The van der Waals surface area contributed by atoms with Gasteiger partial charge in [0.2, 0.25) is 0 Å². The standard InChI is InChI=1S/C20H16BrNO4/c1-25-17-4-2-3-13(11-17)20(24)22-14-5-10-19(18(21)12-14)26-16-8-6-15(23)7-9-16/h2-12,23H,1H3,(H,22,24). The van der Waals surface area contributed by atoms with E-state index in [1.54, 1.807) is 73.8 Å². The third-order valence-corrected chi connectivity index (χ3v) is 4.21. The molecule has 26 heavy (non-hydrogen) atoms. The van der Waals surface area contributed by atoms with Gasteiger partial charge in [-0.3, -0.25) is 4.79 Å². The highest BCUT2D eigenvalue weighted by Crippen LogP contribution is 2.32. The van der Waals surface area contributed by atoms with Gasteiger partial charge < -0.3 is 19.9 Å². The molecule has 0 saturated heterocycles. The minimum Gasteiger partial charge on any atom is -0.508 e. The fraction of sp³-hybridized carbons (Fsp3) is 0.0500. The fourth-order valence-corrected chi connectivity index (χ4v) is 2.73. The molecule has 0 aliphatic carbocycles. The Hall–Kier alpha value is -2.99. The number of carbonyl (C=O) groups is 1. The Labute approximate surface area is 159 Å². The maximum atomic E-state index is 12.4. The first-order chi connectivity index (χ1) is 12.5. The van der Waals surface area contributed by atoms with Gasteiger partial charge in [0.05, 0.1) is 11.6 Å². The third kappa shape index (κ3) is 4.34. The molecule has 132 valence electrons. The number of amides is 1. The van der Waals surface area contributed by atoms with Gasteiger partial charge in [0.15, 0.2) is 0 Å². The van der Waals surface area contributed by atoms with Crippen LogP contribution in [0.15, 0.2) is 71.2 Å². The van der Waals surface area contributed by atoms with E-state index < -0.39 is 0 Å². The van der Waals surface area contributed by atoms with Crippen molar-refractivity contribution in [3.8, 4) is 23.0 Å². The predicted octanol–water partition coefficient (Wildman–Crippen LogP) is 5.21. The van der Waals surface area contributed by atoms with Crippen LogP contribution in [0.2, 0.25) is 0 Å². The summed E-state index contributed by atoms with van der Waals surface area (Å²) in [6.45, 7) is 0. The smallest absolute Gasteiger partial charge is 0.255 e. The van der Waals surface area contributed by atoms with Crippen molar-refractivity contribution in [2.45, 2.75) is 0 Å². The zero-order valence-electron chi connectivity index (χ0n) is 13.9. The lowest BCUT2D eigenvalue weighted by Gasteiger charge is -2.11. The Bertz CT molecular complexity index is 925. The van der Waals surface area contributed by atoms with E-state index in [-0.39, 0.29) is 11.7 Å². The Morgan fingerprint density at radius 1 is 1.00 bits per heavy atom. The molecular formula is C20H16BrNO4. The molecule has 0 bridgehead atoms. The summed E-state index contributed by atoms with van der Waals surface area (Å²) in [5, 5.41) is 12.1. The van der Waals surface area contributed by atoms with Gasteiger partial charge in [-0.05, 0) is 76.6 Å². The molecule has 1 amide bonds. The summed E-state index contributed by atoms with van der Waals surface area (Å²) in [7, 11) is 1.56. The summed E-state index contributed by atoms with van der Waals surface area (Å²) < 4.78 is 11.6. The van der Waals surface area contributed by atoms with E-state index in [1.807, 2.05) is 0 Å². The Morgan fingerprint density at radius 3 is 2.46 bits per heavy atom. The number of phenolic OH excluding ortho intramolecular Hbond substituents is 1. The molecule has 0 heterocycles. The average molecular weight is 414 g/mol. The highest BCUT2D eigenvalue weighted by atomic mass is 79.9. The van der Waals surface area contributed by atoms with Gasteiger partial charge in [0, 0.05) is 11.3 Å². The van der Waals surface area contributed by atoms with Crippen LogP contribution in [0.3, 0.4) is 0 Å². The second-order valence-corrected chi connectivity index (χ2v) is 6.28. The second-order valence-electron chi connectivity index (χ2n) is 5.43. The Kier molecular flexibility index (Phi) is 5.43. The van der Waals surface area contributed by atoms with Crippen LogP contribution in [0, 0.1) is 0 Å². The molecule has 2 N–H and O–H groups in total. The van der Waals surface area contributed by atoms with E-state index >= 15 is 0 Å². The van der Waals surface area contributed by atoms with Crippen molar-refractivity contribution in [1.29, 1.82) is 0 Å². The van der Waals surface area contributed by atoms with E-state index in [0.29, 0.717) is 33.0 Å². The number of nitrogens with one attached hydrogen (secondary N) is 1. The minimum atomic E-state index is -0.233. The number of ether oxygens (including phenoxy) is 2. The van der Waals surface area contributed by atoms with Gasteiger partial charge in [0.25, 0.3) is 5.91 Å². The average Bonchev–Trinajstić information content (AvgIpc) is 2.65. The molecule has 3 aromatic rings. The number of benzene rings is 3. The SMILES string of the molecule is COc1cccc(C(=O)Nc2ccc(Oc3ccc(O)cc3)c(Br)c2)c1. The Morgan fingerprint density at radius 2 is 1.77 bits per heavy atom. The quantitative estimate of drug-likeness (QED) is 0.602. The first-order valence-corrected chi connectivity index (χ1v) is 8.56. The van der Waals surface area contributed by atoms with Gasteiger partial charge in [-0.1, -0.05) is 6.07 Å². The number of methoxy groups -OCH3 is 1. The summed E-state index contributed by atoms with van der Waals surface area (Å²) in [5.41, 5.74) is 1.13. The number of hydrogen-bond acceptors (Lipinski definition) is 4. The van der Waals surface area contributed by atoms with Gasteiger partial charge in [-0.2, -0.15) is 0 Å². The molecule has 3 aromatic carbocycles. The van der Waals surface area contributed by atoms with E-state index in [1.165, 1.54) is 0 Å². The molecule has 0 spiro atoms. The van der Waals surface area contributed by atoms with Gasteiger partial charge in [-0.25, -0.2) is 0 Å². The molecule has 5 nitrogen and oxygen atoms in total. The largest absolute Gasteiger partial charge is 0.508 e. The topological polar surface area (TPSA) is 67.8 Å². The number of rotatable bonds is 5. The minimum absolute atomic E-state index is 0.173. The van der Waals surface area contributed by atoms with Crippen LogP contribution in [-0.2, 0) is 0 Å². The normalized spacial score (nSPS) is 10.2. The van der Waals surface area contributed by atoms with Crippen molar-refractivity contribution in [3.05, 3.63) is 76.8 Å². The van der Waals surface area contributed by atoms with E-state index in [9.17, 15) is 9.90 Å². The molecule has 3 rings (SSSR count). The maximum Gasteiger partial charge on any atom is 0.255 e. The zero-order chi connectivity index (χ0) is 18.5. The summed E-state index contributed by atoms with van der Waals surface area (Å²) in [4.78, 5) is 12.4. The summed E-state index contributed by atoms with van der Waals surface area (Å²) in [5.74, 6) is 1.75. The van der Waals surface area contributed by atoms with Crippen LogP contribution in [0.25, 0.3) is 0 Å². The molecule has 0 radical (unpaired) electrons. The first kappa shape index (κ1) is 17.8. The van der Waals surface area contributed by atoms with Crippen molar-refractivity contribution < 1.29 is 19.4 Å². The van der Waals surface area contributed by atoms with Crippen LogP contribution >= 0.6 is 15.9 Å². The van der Waals surface area contributed by atoms with E-state index in [2.05, 4.69) is 21.2 Å². The number of anilines is 1. The van der Waals surface area contributed by atoms with Crippen LogP contribution in [0.5, 0.6) is 23.0 Å². The number of carbonyl (C=O) groups excluding carboxylic acids is 1. The number of hydrogen-bond donors (Lipinski definition) is 2. The van der Waals surface area contributed by atoms with Crippen molar-refractivity contribution >= 4 is 27.5 Å². The molecule has 0 aromatic heterocycles. The zero-order valence-corrected chi connectivity index (χ0v) is 15.5.